The van der Waals surface area contributed by atoms with Gasteiger partial charge in [-0.2, -0.15) is 13.2 Å². The molecule has 29 heavy (non-hydrogen) atoms. The van der Waals surface area contributed by atoms with Crippen LogP contribution in [0.4, 0.5) is 23.7 Å². The van der Waals surface area contributed by atoms with E-state index >= 15 is 0 Å². The third-order valence-corrected chi connectivity index (χ3v) is 4.93. The maximum absolute atomic E-state index is 12.4. The average Bonchev–Trinajstić information content (AvgIpc) is 2.67. The molecule has 0 atom stereocenters. The standard InChI is InChI=1S/C20H22F3N3O2S/c1-26(13-15-7-3-2-4-8-15)19(28)24-12-11-18(27)25-16-9-5-6-10-17(16)29-14-20(21,22)23/h2-10H,11-14H2,1H3,(H,24,28)(H,25,27). The van der Waals surface area contributed by atoms with Gasteiger partial charge >= 0.3 is 12.2 Å². The van der Waals surface area contributed by atoms with E-state index in [1.54, 1.807) is 25.2 Å². The van der Waals surface area contributed by atoms with E-state index in [1.165, 1.54) is 11.0 Å². The fourth-order valence-electron chi connectivity index (χ4n) is 2.42. The number of rotatable bonds is 8. The lowest BCUT2D eigenvalue weighted by molar-refractivity contribution is -0.116. The zero-order valence-corrected chi connectivity index (χ0v) is 16.6. The Morgan fingerprint density at radius 2 is 1.69 bits per heavy atom. The minimum absolute atomic E-state index is 0.00316. The first kappa shape index (κ1) is 22.6. The first-order valence-corrected chi connectivity index (χ1v) is 9.84. The van der Waals surface area contributed by atoms with Crippen LogP contribution in [0.5, 0.6) is 0 Å². The highest BCUT2D eigenvalue weighted by molar-refractivity contribution is 7.99. The molecule has 5 nitrogen and oxygen atoms in total. The summed E-state index contributed by atoms with van der Waals surface area (Å²) >= 11 is 0.613. The number of alkyl halides is 3. The van der Waals surface area contributed by atoms with Gasteiger partial charge in [-0.05, 0) is 17.7 Å². The Labute approximate surface area is 171 Å². The number of carbonyl (C=O) groups excluding carboxylic acids is 2. The fourth-order valence-corrected chi connectivity index (χ4v) is 3.18. The molecular formula is C20H22F3N3O2S. The molecule has 0 fully saturated rings. The molecule has 0 saturated heterocycles. The Kier molecular flexibility index (Phi) is 8.38. The van der Waals surface area contributed by atoms with Crippen LogP contribution in [0.1, 0.15) is 12.0 Å². The van der Waals surface area contributed by atoms with Crippen LogP contribution in [0, 0.1) is 0 Å². The highest BCUT2D eigenvalue weighted by Crippen LogP contribution is 2.32. The number of carbonyl (C=O) groups is 2. The van der Waals surface area contributed by atoms with Crippen molar-refractivity contribution >= 4 is 29.4 Å². The quantitative estimate of drug-likeness (QED) is 0.612. The maximum atomic E-state index is 12.4. The van der Waals surface area contributed by atoms with E-state index in [2.05, 4.69) is 10.6 Å². The SMILES string of the molecule is CN(Cc1ccccc1)C(=O)NCCC(=O)Nc1ccccc1SCC(F)(F)F. The molecule has 2 aromatic carbocycles. The van der Waals surface area contributed by atoms with Gasteiger partial charge in [-0.25, -0.2) is 4.79 Å². The van der Waals surface area contributed by atoms with Crippen LogP contribution in [0.3, 0.4) is 0 Å². The zero-order chi connectivity index (χ0) is 21.3. The number of urea groups is 1. The number of halogens is 3. The molecule has 2 N–H and O–H groups in total. The van der Waals surface area contributed by atoms with Gasteiger partial charge in [0.2, 0.25) is 5.91 Å². The molecule has 2 rings (SSSR count). The first-order chi connectivity index (χ1) is 13.7. The van der Waals surface area contributed by atoms with Crippen LogP contribution in [-0.2, 0) is 11.3 Å². The van der Waals surface area contributed by atoms with Crippen LogP contribution in [0.2, 0.25) is 0 Å². The van der Waals surface area contributed by atoms with E-state index in [9.17, 15) is 22.8 Å². The Morgan fingerprint density at radius 3 is 2.38 bits per heavy atom. The summed E-state index contributed by atoms with van der Waals surface area (Å²) in [5, 5.41) is 5.25. The molecule has 0 spiro atoms. The maximum Gasteiger partial charge on any atom is 0.398 e. The molecule has 2 aromatic rings. The van der Waals surface area contributed by atoms with Crippen molar-refractivity contribution in [2.24, 2.45) is 0 Å². The van der Waals surface area contributed by atoms with E-state index in [1.807, 2.05) is 30.3 Å². The van der Waals surface area contributed by atoms with Crippen molar-refractivity contribution in [2.45, 2.75) is 24.0 Å². The lowest BCUT2D eigenvalue weighted by Crippen LogP contribution is -2.38. The molecule has 9 heteroatoms. The Balaban J connectivity index is 1.78. The van der Waals surface area contributed by atoms with Crippen molar-refractivity contribution in [3.63, 3.8) is 0 Å². The molecule has 3 amide bonds. The van der Waals surface area contributed by atoms with Crippen molar-refractivity contribution < 1.29 is 22.8 Å². The Bertz CT molecular complexity index is 816. The zero-order valence-electron chi connectivity index (χ0n) is 15.8. The monoisotopic (exact) mass is 425 g/mol. The van der Waals surface area contributed by atoms with Gasteiger partial charge in [0.25, 0.3) is 0 Å². The van der Waals surface area contributed by atoms with Crippen molar-refractivity contribution in [3.05, 3.63) is 60.2 Å². The topological polar surface area (TPSA) is 61.4 Å². The molecule has 0 aliphatic rings. The molecule has 156 valence electrons. The summed E-state index contributed by atoms with van der Waals surface area (Å²) in [4.78, 5) is 26.0. The molecule has 0 bridgehead atoms. The van der Waals surface area contributed by atoms with Crippen LogP contribution in [-0.4, -0.2) is 42.4 Å². The molecule has 0 unspecified atom stereocenters. The van der Waals surface area contributed by atoms with Gasteiger partial charge in [0.1, 0.15) is 0 Å². The number of nitrogens with one attached hydrogen (secondary N) is 2. The summed E-state index contributed by atoms with van der Waals surface area (Å²) in [6, 6.07) is 15.5. The number of thioether (sulfide) groups is 1. The predicted octanol–water partition coefficient (Wildman–Crippen LogP) is 4.51. The summed E-state index contributed by atoms with van der Waals surface area (Å²) in [5.41, 5.74) is 1.30. The van der Waals surface area contributed by atoms with Crippen LogP contribution < -0.4 is 10.6 Å². The molecule has 0 aromatic heterocycles. The second kappa shape index (κ2) is 10.8. The van der Waals surface area contributed by atoms with Crippen molar-refractivity contribution in [1.29, 1.82) is 0 Å². The van der Waals surface area contributed by atoms with Crippen molar-refractivity contribution in [2.75, 3.05) is 24.7 Å². The van der Waals surface area contributed by atoms with Crippen LogP contribution >= 0.6 is 11.8 Å². The molecular weight excluding hydrogens is 403 g/mol. The number of nitrogens with zero attached hydrogens (tertiary/aromatic N) is 1. The second-order valence-corrected chi connectivity index (χ2v) is 7.29. The van der Waals surface area contributed by atoms with Gasteiger partial charge in [-0.1, -0.05) is 42.5 Å². The highest BCUT2D eigenvalue weighted by Gasteiger charge is 2.27. The summed E-state index contributed by atoms with van der Waals surface area (Å²) in [5.74, 6) is -1.43. The summed E-state index contributed by atoms with van der Waals surface area (Å²) in [7, 11) is 1.65. The largest absolute Gasteiger partial charge is 0.398 e. The molecule has 0 radical (unpaired) electrons. The van der Waals surface area contributed by atoms with E-state index in [-0.39, 0.29) is 19.0 Å². The number of hydrogen-bond donors (Lipinski definition) is 2. The summed E-state index contributed by atoms with van der Waals surface area (Å²) < 4.78 is 37.3. The Hall–Kier alpha value is -2.68. The Morgan fingerprint density at radius 1 is 1.03 bits per heavy atom. The van der Waals surface area contributed by atoms with Crippen LogP contribution in [0.15, 0.2) is 59.5 Å². The molecule has 0 aliphatic carbocycles. The third kappa shape index (κ3) is 8.47. The number of anilines is 1. The smallest absolute Gasteiger partial charge is 0.337 e. The van der Waals surface area contributed by atoms with Gasteiger partial charge in [-0.3, -0.25) is 4.79 Å². The van der Waals surface area contributed by atoms with Gasteiger partial charge in [0, 0.05) is 31.5 Å². The van der Waals surface area contributed by atoms with Gasteiger partial charge in [0.05, 0.1) is 11.4 Å². The number of para-hydroxylation sites is 1. The first-order valence-electron chi connectivity index (χ1n) is 8.86. The van der Waals surface area contributed by atoms with Gasteiger partial charge < -0.3 is 15.5 Å². The van der Waals surface area contributed by atoms with E-state index < -0.39 is 17.8 Å². The van der Waals surface area contributed by atoms with E-state index in [0.717, 1.165) is 5.56 Å². The van der Waals surface area contributed by atoms with Gasteiger partial charge in [0.15, 0.2) is 0 Å². The summed E-state index contributed by atoms with van der Waals surface area (Å²) in [6.07, 6.45) is -4.29. The lowest BCUT2D eigenvalue weighted by atomic mass is 10.2. The van der Waals surface area contributed by atoms with Gasteiger partial charge in [-0.15, -0.1) is 11.8 Å². The highest BCUT2D eigenvalue weighted by atomic mass is 32.2. The number of amides is 3. The average molecular weight is 425 g/mol. The third-order valence-electron chi connectivity index (χ3n) is 3.79. The lowest BCUT2D eigenvalue weighted by Gasteiger charge is -2.18. The minimum atomic E-state index is -4.29. The number of benzene rings is 2. The molecule has 0 heterocycles. The van der Waals surface area contributed by atoms with Crippen molar-refractivity contribution in [1.82, 2.24) is 10.2 Å². The minimum Gasteiger partial charge on any atom is -0.337 e. The number of hydrogen-bond acceptors (Lipinski definition) is 3. The molecule has 0 aliphatic heterocycles. The second-order valence-electron chi connectivity index (χ2n) is 6.27. The van der Waals surface area contributed by atoms with Crippen LogP contribution in [0.25, 0.3) is 0 Å². The van der Waals surface area contributed by atoms with E-state index in [4.69, 9.17) is 0 Å². The normalized spacial score (nSPS) is 11.0. The fraction of sp³-hybridized carbons (Fsp3) is 0.300. The predicted molar refractivity (Wildman–Crippen MR) is 108 cm³/mol. The van der Waals surface area contributed by atoms with E-state index in [0.29, 0.717) is 28.9 Å². The molecule has 0 saturated carbocycles. The van der Waals surface area contributed by atoms with Crippen molar-refractivity contribution in [3.8, 4) is 0 Å². The summed E-state index contributed by atoms with van der Waals surface area (Å²) in [6.45, 7) is 0.546.